The van der Waals surface area contributed by atoms with E-state index in [-0.39, 0.29) is 23.7 Å². The summed E-state index contributed by atoms with van der Waals surface area (Å²) in [6.07, 6.45) is -0.200. The first-order chi connectivity index (χ1) is 11.3. The quantitative estimate of drug-likeness (QED) is 0.300. The summed E-state index contributed by atoms with van der Waals surface area (Å²) in [5.41, 5.74) is -2.48. The number of rotatable bonds is 8. The summed E-state index contributed by atoms with van der Waals surface area (Å²) < 4.78 is 15.8. The molecule has 0 heterocycles. The summed E-state index contributed by atoms with van der Waals surface area (Å²) in [4.78, 5) is 27.2. The first kappa shape index (κ1) is 23.1. The number of carbonyl (C=O) groups is 2. The van der Waals surface area contributed by atoms with Crippen LogP contribution in [0.3, 0.4) is 0 Å². The van der Waals surface area contributed by atoms with Crippen molar-refractivity contribution >= 4 is 20.1 Å². The highest BCUT2D eigenvalue weighted by molar-refractivity contribution is 6.74. The largest absolute Gasteiger partial charge is 0.482 e. The Hall–Kier alpha value is -1.92. The minimum atomic E-state index is -2.61. The molecule has 0 aromatic carbocycles. The summed E-state index contributed by atoms with van der Waals surface area (Å²) in [6, 6.07) is 0. The zero-order valence-corrected chi connectivity index (χ0v) is 17.3. The second kappa shape index (κ2) is 8.45. The molecule has 0 radical (unpaired) electrons. The Balaban J connectivity index is 6.55. The molecule has 0 saturated carbocycles. The highest BCUT2D eigenvalue weighted by atomic mass is 28.4. The molecule has 25 heavy (non-hydrogen) atoms. The Morgan fingerprint density at radius 2 is 1.68 bits per heavy atom. The molecule has 1 unspecified atom stereocenters. The number of methoxy groups -OCH3 is 2. The number of diazo groups is 1. The third-order valence-electron chi connectivity index (χ3n) is 4.46. The van der Waals surface area contributed by atoms with E-state index < -0.39 is 31.5 Å². The molecule has 0 bridgehead atoms. The number of hydrogen-bond donors (Lipinski definition) is 1. The molecule has 0 aliphatic heterocycles. The monoisotopic (exact) mass is 373 g/mol. The van der Waals surface area contributed by atoms with Gasteiger partial charge in [-0.3, -0.25) is 0 Å². The van der Waals surface area contributed by atoms with Crippen LogP contribution in [-0.4, -0.2) is 45.0 Å². The molecule has 1 atom stereocenters. The molecule has 0 amide bonds. The molecule has 0 aliphatic rings. The topological polar surface area (TPSA) is 110 Å². The van der Waals surface area contributed by atoms with E-state index >= 15 is 0 Å². The van der Waals surface area contributed by atoms with Gasteiger partial charge in [0.2, 0.25) is 5.39 Å². The number of ether oxygens (including phenoxy) is 2. The van der Waals surface area contributed by atoms with Crippen molar-refractivity contribution in [3.63, 3.8) is 0 Å². The molecular formula is C16H29N2O6Si+. The first-order valence-electron chi connectivity index (χ1n) is 7.90. The van der Waals surface area contributed by atoms with Gasteiger partial charge in [-0.15, -0.1) is 0 Å². The molecule has 0 fully saturated rings. The standard InChI is InChI=1S/C16H28N2O6Si/c1-11(19)9-10-16(14(21)23-6,12(18-17)13(20)22-5)24-25(7,8)15(2,3)4/h9-10H2,1-8H3/p+1/b13-12+. The van der Waals surface area contributed by atoms with E-state index in [0.29, 0.717) is 0 Å². The van der Waals surface area contributed by atoms with Gasteiger partial charge in [0.25, 0.3) is 5.60 Å². The van der Waals surface area contributed by atoms with E-state index in [4.69, 9.17) is 13.9 Å². The molecular weight excluding hydrogens is 344 g/mol. The van der Waals surface area contributed by atoms with Gasteiger partial charge < -0.3 is 23.8 Å². The summed E-state index contributed by atoms with van der Waals surface area (Å²) in [5.74, 6) is -1.86. The Morgan fingerprint density at radius 1 is 1.16 bits per heavy atom. The molecule has 1 N–H and O–H groups in total. The number of esters is 1. The summed E-state index contributed by atoms with van der Waals surface area (Å²) >= 11 is 0. The third-order valence-corrected chi connectivity index (χ3v) is 8.93. The van der Waals surface area contributed by atoms with Crippen molar-refractivity contribution in [2.45, 2.75) is 64.3 Å². The summed E-state index contributed by atoms with van der Waals surface area (Å²) in [6.45, 7) is 11.0. The summed E-state index contributed by atoms with van der Waals surface area (Å²) in [5, 5.41) is 19.2. The molecule has 0 rings (SSSR count). The number of aliphatic hydroxyl groups excluding tert-OH is 1. The van der Waals surface area contributed by atoms with Crippen LogP contribution < -0.4 is 0 Å². The first-order valence-corrected chi connectivity index (χ1v) is 10.8. The van der Waals surface area contributed by atoms with E-state index in [1.165, 1.54) is 6.92 Å². The van der Waals surface area contributed by atoms with Gasteiger partial charge >= 0.3 is 17.6 Å². The van der Waals surface area contributed by atoms with Crippen LogP contribution >= 0.6 is 0 Å². The second-order valence-corrected chi connectivity index (χ2v) is 12.1. The number of aliphatic hydroxyl groups is 1. The lowest BCUT2D eigenvalue weighted by Crippen LogP contribution is -2.55. The zero-order valence-electron chi connectivity index (χ0n) is 16.3. The van der Waals surface area contributed by atoms with Crippen molar-refractivity contribution in [3.05, 3.63) is 16.6 Å². The van der Waals surface area contributed by atoms with Gasteiger partial charge in [0, 0.05) is 12.8 Å². The fourth-order valence-corrected chi connectivity index (χ4v) is 3.42. The van der Waals surface area contributed by atoms with Crippen molar-refractivity contribution in [1.29, 1.82) is 5.39 Å². The maximum atomic E-state index is 12.7. The Kier molecular flexibility index (Phi) is 7.80. The van der Waals surface area contributed by atoms with Crippen molar-refractivity contribution in [1.82, 2.24) is 0 Å². The second-order valence-electron chi connectivity index (χ2n) is 7.34. The summed E-state index contributed by atoms with van der Waals surface area (Å²) in [7, 11) is -0.309. The molecule has 142 valence electrons. The number of hydrogen-bond acceptors (Lipinski definition) is 7. The minimum absolute atomic E-state index is 0.0419. The maximum absolute atomic E-state index is 12.7. The fraction of sp³-hybridized carbons (Fsp3) is 0.750. The molecule has 0 saturated heterocycles. The van der Waals surface area contributed by atoms with Crippen LogP contribution in [0.1, 0.15) is 40.5 Å². The van der Waals surface area contributed by atoms with Crippen LogP contribution in [0.4, 0.5) is 0 Å². The van der Waals surface area contributed by atoms with Crippen LogP contribution in [0.2, 0.25) is 18.1 Å². The molecule has 0 aromatic heterocycles. The average molecular weight is 374 g/mol. The lowest BCUT2D eigenvalue weighted by Gasteiger charge is -2.41. The van der Waals surface area contributed by atoms with Crippen molar-refractivity contribution in [3.8, 4) is 0 Å². The minimum Gasteiger partial charge on any atom is -0.475 e. The van der Waals surface area contributed by atoms with Crippen LogP contribution in [0.25, 0.3) is 4.98 Å². The predicted octanol–water partition coefficient (Wildman–Crippen LogP) is 3.52. The number of nitrogens with zero attached hydrogens (tertiary/aromatic N) is 2. The number of Topliss-reactive ketones (excluding diaryl/α,β-unsaturated/α-hetero) is 1. The van der Waals surface area contributed by atoms with Crippen LogP contribution in [0.5, 0.6) is 0 Å². The van der Waals surface area contributed by atoms with Crippen LogP contribution in [-0.2, 0) is 23.5 Å². The number of carbonyl (C=O) groups excluding carboxylic acids is 2. The smallest absolute Gasteiger partial charge is 0.475 e. The highest BCUT2D eigenvalue weighted by Gasteiger charge is 2.61. The average Bonchev–Trinajstić information content (AvgIpc) is 2.50. The van der Waals surface area contributed by atoms with Crippen LogP contribution in [0, 0.1) is 5.39 Å². The van der Waals surface area contributed by atoms with E-state index in [1.54, 1.807) is 0 Å². The van der Waals surface area contributed by atoms with E-state index in [0.717, 1.165) is 14.2 Å². The molecule has 9 heteroatoms. The Bertz CT molecular complexity index is 588. The van der Waals surface area contributed by atoms with Crippen molar-refractivity contribution in [2.75, 3.05) is 14.2 Å². The molecule has 0 spiro atoms. The Morgan fingerprint density at radius 3 is 2.00 bits per heavy atom. The van der Waals surface area contributed by atoms with Gasteiger partial charge in [-0.1, -0.05) is 20.8 Å². The van der Waals surface area contributed by atoms with Gasteiger partial charge in [-0.05, 0) is 25.1 Å². The Labute approximate surface area is 149 Å². The highest BCUT2D eigenvalue weighted by Crippen LogP contribution is 2.43. The van der Waals surface area contributed by atoms with E-state index in [9.17, 15) is 20.1 Å². The van der Waals surface area contributed by atoms with Gasteiger partial charge in [0.05, 0.1) is 14.2 Å². The van der Waals surface area contributed by atoms with Gasteiger partial charge in [0.15, 0.2) is 13.3 Å². The molecule has 8 nitrogen and oxygen atoms in total. The van der Waals surface area contributed by atoms with Crippen molar-refractivity contribution < 1.29 is 28.6 Å². The van der Waals surface area contributed by atoms with E-state index in [2.05, 4.69) is 4.98 Å². The molecule has 0 aromatic rings. The predicted molar refractivity (Wildman–Crippen MR) is 94.7 cm³/mol. The van der Waals surface area contributed by atoms with E-state index in [1.807, 2.05) is 33.9 Å². The molecule has 0 aliphatic carbocycles. The van der Waals surface area contributed by atoms with Gasteiger partial charge in [0.1, 0.15) is 5.78 Å². The van der Waals surface area contributed by atoms with Gasteiger partial charge in [-0.2, -0.15) is 0 Å². The van der Waals surface area contributed by atoms with Crippen LogP contribution in [0.15, 0.2) is 11.6 Å². The lowest BCUT2D eigenvalue weighted by molar-refractivity contribution is -0.158. The normalized spacial score (nSPS) is 15.5. The maximum Gasteiger partial charge on any atom is 0.482 e. The zero-order chi connectivity index (χ0) is 20.1. The SMILES string of the molecule is COC(=O)C(CCC(C)=O)(O[Si](C)(C)C(C)(C)C)/C([N+]#N)=C(/O)OC. The third kappa shape index (κ3) is 5.27. The fourth-order valence-electron chi connectivity index (χ4n) is 1.96. The van der Waals surface area contributed by atoms with Gasteiger partial charge in [-0.25, -0.2) is 4.79 Å². The lowest BCUT2D eigenvalue weighted by atomic mass is 9.93. The van der Waals surface area contributed by atoms with Crippen molar-refractivity contribution in [2.24, 2.45) is 0 Å². The number of ketones is 1.